The first-order chi connectivity index (χ1) is 6.09. The van der Waals surface area contributed by atoms with Gasteiger partial charge >= 0.3 is 5.97 Å². The second-order valence-electron chi connectivity index (χ2n) is 2.75. The highest BCUT2D eigenvalue weighted by Crippen LogP contribution is 2.27. The molecule has 1 aromatic rings. The van der Waals surface area contributed by atoms with Crippen molar-refractivity contribution in [2.24, 2.45) is 0 Å². The summed E-state index contributed by atoms with van der Waals surface area (Å²) in [7, 11) is 0. The van der Waals surface area contributed by atoms with Gasteiger partial charge in [0.2, 0.25) is 0 Å². The van der Waals surface area contributed by atoms with Crippen LogP contribution in [0.2, 0.25) is 0 Å². The Morgan fingerprint density at radius 3 is 2.85 bits per heavy atom. The lowest BCUT2D eigenvalue weighted by Crippen LogP contribution is -2.02. The first-order valence-electron chi connectivity index (χ1n) is 3.98. The minimum Gasteiger partial charge on any atom is -0.466 e. The van der Waals surface area contributed by atoms with Crippen molar-refractivity contribution in [1.82, 2.24) is 0 Å². The Labute approximate surface area is 90.0 Å². The van der Waals surface area contributed by atoms with Crippen molar-refractivity contribution in [3.8, 4) is 0 Å². The van der Waals surface area contributed by atoms with E-state index in [0.29, 0.717) is 6.61 Å². The fourth-order valence-electron chi connectivity index (χ4n) is 1.01. The van der Waals surface area contributed by atoms with Gasteiger partial charge in [0.15, 0.2) is 0 Å². The molecule has 0 saturated carbocycles. The molecule has 0 aliphatic heterocycles. The van der Waals surface area contributed by atoms with E-state index in [1.165, 1.54) is 17.4 Å². The third-order valence-corrected chi connectivity index (χ3v) is 3.43. The lowest BCUT2D eigenvalue weighted by atomic mass is 10.2. The van der Waals surface area contributed by atoms with E-state index >= 15 is 0 Å². The lowest BCUT2D eigenvalue weighted by molar-refractivity contribution is -0.140. The maximum absolute atomic E-state index is 10.5. The average Bonchev–Trinajstić information content (AvgIpc) is 2.29. The van der Waals surface area contributed by atoms with Crippen molar-refractivity contribution in [1.29, 1.82) is 0 Å². The van der Waals surface area contributed by atoms with E-state index in [1.54, 1.807) is 11.3 Å². The van der Waals surface area contributed by atoms with Crippen LogP contribution >= 0.6 is 27.3 Å². The van der Waals surface area contributed by atoms with E-state index in [9.17, 15) is 4.79 Å². The van der Waals surface area contributed by atoms with Crippen LogP contribution in [0.25, 0.3) is 0 Å². The average molecular weight is 263 g/mol. The minimum atomic E-state index is -0.219. The molecule has 0 aliphatic rings. The van der Waals surface area contributed by atoms with Crippen molar-refractivity contribution in [3.63, 3.8) is 0 Å². The Bertz CT molecular complexity index is 307. The highest BCUT2D eigenvalue weighted by molar-refractivity contribution is 9.11. The molecule has 0 amide bonds. The lowest BCUT2D eigenvalue weighted by Gasteiger charge is -1.99. The van der Waals surface area contributed by atoms with Gasteiger partial charge < -0.3 is 4.74 Å². The fourth-order valence-corrected chi connectivity index (χ4v) is 2.87. The van der Waals surface area contributed by atoms with Crippen LogP contribution in [-0.4, -0.2) is 12.6 Å². The molecule has 1 rings (SSSR count). The summed E-state index contributed by atoms with van der Waals surface area (Å²) >= 11 is 5.17. The molecule has 0 saturated heterocycles. The van der Waals surface area contributed by atoms with Crippen molar-refractivity contribution < 1.29 is 9.53 Å². The van der Waals surface area contributed by atoms with E-state index in [0.717, 1.165) is 10.2 Å². The van der Waals surface area contributed by atoms with E-state index in [2.05, 4.69) is 28.9 Å². The maximum atomic E-state index is 10.5. The van der Waals surface area contributed by atoms with Crippen molar-refractivity contribution in [2.45, 2.75) is 20.3 Å². The molecule has 1 heterocycles. The third-order valence-electron chi connectivity index (χ3n) is 1.56. The normalized spacial score (nSPS) is 10.1. The summed E-state index contributed by atoms with van der Waals surface area (Å²) in [6.45, 7) is 3.95. The molecule has 0 atom stereocenters. The summed E-state index contributed by atoms with van der Waals surface area (Å²) in [5.41, 5.74) is 1.21. The molecular formula is C9H11BrO2S. The van der Waals surface area contributed by atoms with Crippen molar-refractivity contribution in [2.75, 3.05) is 6.61 Å². The topological polar surface area (TPSA) is 26.3 Å². The van der Waals surface area contributed by atoms with Crippen LogP contribution in [0.15, 0.2) is 9.85 Å². The zero-order valence-corrected chi connectivity index (χ0v) is 10.00. The summed E-state index contributed by atoms with van der Waals surface area (Å²) < 4.78 is 5.99. The predicted molar refractivity (Wildman–Crippen MR) is 57.1 cm³/mol. The predicted octanol–water partition coefficient (Wildman–Crippen LogP) is 2.92. The molecule has 13 heavy (non-hydrogen) atoms. The maximum Gasteiger partial charge on any atom is 0.302 e. The molecule has 0 spiro atoms. The van der Waals surface area contributed by atoms with Crippen molar-refractivity contribution in [3.05, 3.63) is 20.3 Å². The Balaban J connectivity index is 2.45. The van der Waals surface area contributed by atoms with E-state index in [1.807, 2.05) is 0 Å². The molecule has 4 heteroatoms. The number of ether oxygens (including phenoxy) is 1. The molecule has 72 valence electrons. The van der Waals surface area contributed by atoms with Gasteiger partial charge in [-0.3, -0.25) is 4.79 Å². The standard InChI is InChI=1S/C9H11BrO2S/c1-6-5-8(9(10)13-6)3-4-12-7(2)11/h5H,3-4H2,1-2H3. The summed E-state index contributed by atoms with van der Waals surface area (Å²) in [4.78, 5) is 11.8. The second-order valence-corrected chi connectivity index (χ2v) is 5.32. The van der Waals surface area contributed by atoms with Crippen LogP contribution in [0, 0.1) is 6.92 Å². The number of esters is 1. The summed E-state index contributed by atoms with van der Waals surface area (Å²) in [6, 6.07) is 2.11. The van der Waals surface area contributed by atoms with Gasteiger partial charge in [-0.2, -0.15) is 0 Å². The zero-order chi connectivity index (χ0) is 9.84. The number of thiophene rings is 1. The highest BCUT2D eigenvalue weighted by Gasteiger charge is 2.04. The number of carbonyl (C=O) groups excluding carboxylic acids is 1. The Kier molecular flexibility index (Phi) is 3.93. The Hall–Kier alpha value is -0.350. The van der Waals surface area contributed by atoms with Gasteiger partial charge in [-0.05, 0) is 34.5 Å². The van der Waals surface area contributed by atoms with E-state index in [-0.39, 0.29) is 5.97 Å². The number of aryl methyl sites for hydroxylation is 1. The fraction of sp³-hybridized carbons (Fsp3) is 0.444. The van der Waals surface area contributed by atoms with Gasteiger partial charge in [-0.15, -0.1) is 11.3 Å². The van der Waals surface area contributed by atoms with Crippen LogP contribution in [-0.2, 0) is 16.0 Å². The molecule has 0 fully saturated rings. The zero-order valence-electron chi connectivity index (χ0n) is 7.59. The van der Waals surface area contributed by atoms with Gasteiger partial charge in [0.1, 0.15) is 0 Å². The van der Waals surface area contributed by atoms with E-state index < -0.39 is 0 Å². The first kappa shape index (κ1) is 10.7. The van der Waals surface area contributed by atoms with Crippen molar-refractivity contribution >= 4 is 33.2 Å². The van der Waals surface area contributed by atoms with Gasteiger partial charge in [0.05, 0.1) is 10.4 Å². The molecule has 2 nitrogen and oxygen atoms in total. The van der Waals surface area contributed by atoms with Gasteiger partial charge in [-0.1, -0.05) is 0 Å². The molecule has 0 radical (unpaired) electrons. The van der Waals surface area contributed by atoms with Gasteiger partial charge in [0, 0.05) is 18.2 Å². The summed E-state index contributed by atoms with van der Waals surface area (Å²) in [5.74, 6) is -0.219. The number of carbonyl (C=O) groups is 1. The van der Waals surface area contributed by atoms with Gasteiger partial charge in [0.25, 0.3) is 0 Å². The first-order valence-corrected chi connectivity index (χ1v) is 5.58. The number of hydrogen-bond donors (Lipinski definition) is 0. The largest absolute Gasteiger partial charge is 0.466 e. The molecule has 0 aromatic carbocycles. The molecular weight excluding hydrogens is 252 g/mol. The van der Waals surface area contributed by atoms with Gasteiger partial charge in [-0.25, -0.2) is 0 Å². The molecule has 0 bridgehead atoms. The number of rotatable bonds is 3. The number of hydrogen-bond acceptors (Lipinski definition) is 3. The summed E-state index contributed by atoms with van der Waals surface area (Å²) in [6.07, 6.45) is 0.782. The molecule has 0 N–H and O–H groups in total. The second kappa shape index (κ2) is 4.77. The highest BCUT2D eigenvalue weighted by atomic mass is 79.9. The van der Waals surface area contributed by atoms with Crippen LogP contribution in [0.4, 0.5) is 0 Å². The minimum absolute atomic E-state index is 0.219. The molecule has 0 aliphatic carbocycles. The SMILES string of the molecule is CC(=O)OCCc1cc(C)sc1Br. The van der Waals surface area contributed by atoms with Crippen LogP contribution < -0.4 is 0 Å². The van der Waals surface area contributed by atoms with Crippen LogP contribution in [0.1, 0.15) is 17.4 Å². The van der Waals surface area contributed by atoms with E-state index in [4.69, 9.17) is 4.74 Å². The quantitative estimate of drug-likeness (QED) is 0.784. The van der Waals surface area contributed by atoms with Crippen LogP contribution in [0.5, 0.6) is 0 Å². The smallest absolute Gasteiger partial charge is 0.302 e. The monoisotopic (exact) mass is 262 g/mol. The van der Waals surface area contributed by atoms with Crippen LogP contribution in [0.3, 0.4) is 0 Å². The molecule has 1 aromatic heterocycles. The number of halogens is 1. The Morgan fingerprint density at radius 2 is 2.38 bits per heavy atom. The Morgan fingerprint density at radius 1 is 1.69 bits per heavy atom. The molecule has 0 unspecified atom stereocenters. The third kappa shape index (κ3) is 3.48. The summed E-state index contributed by atoms with van der Waals surface area (Å²) in [5, 5.41) is 0.